The van der Waals surface area contributed by atoms with Gasteiger partial charge in [0.2, 0.25) is 13.6 Å². The van der Waals surface area contributed by atoms with Crippen molar-refractivity contribution in [1.82, 2.24) is 0 Å². The molecule has 92 valence electrons. The Labute approximate surface area is 112 Å². The lowest BCUT2D eigenvalue weighted by Gasteiger charge is -2.20. The van der Waals surface area contributed by atoms with Gasteiger partial charge in [0.1, 0.15) is 5.75 Å². The molecule has 0 heterocycles. The first-order chi connectivity index (χ1) is 7.78. The molecule has 1 rings (SSSR count). The van der Waals surface area contributed by atoms with E-state index in [1.165, 1.54) is 6.08 Å². The predicted molar refractivity (Wildman–Crippen MR) is 75.3 cm³/mol. The van der Waals surface area contributed by atoms with Crippen LogP contribution >= 0.6 is 23.2 Å². The lowest BCUT2D eigenvalue weighted by atomic mass is 10.2. The highest BCUT2D eigenvalue weighted by Crippen LogP contribution is 2.28. The van der Waals surface area contributed by atoms with Crippen molar-refractivity contribution < 1.29 is 9.22 Å². The maximum absolute atomic E-state index is 10.6. The molecule has 0 bridgehead atoms. The van der Waals surface area contributed by atoms with Crippen LogP contribution in [0, 0.1) is 0 Å². The maximum atomic E-state index is 10.6. The fraction of sp³-hybridized carbons (Fsp3) is 0.250. The second-order valence-electron chi connectivity index (χ2n) is 4.54. The number of allylic oxidation sites excluding steroid dienone is 1. The van der Waals surface area contributed by atoms with Gasteiger partial charge in [0, 0.05) is 0 Å². The Morgan fingerprint density at radius 3 is 2.53 bits per heavy atom. The van der Waals surface area contributed by atoms with Crippen LogP contribution in [0.15, 0.2) is 24.3 Å². The Balaban J connectivity index is 2.98. The van der Waals surface area contributed by atoms with Crippen molar-refractivity contribution in [1.29, 1.82) is 0 Å². The lowest BCUT2D eigenvalue weighted by Crippen LogP contribution is -2.29. The molecule has 0 N–H and O–H groups in total. The number of halogens is 2. The average molecular weight is 289 g/mol. The molecule has 0 fully saturated rings. The van der Waals surface area contributed by atoms with Crippen molar-refractivity contribution in [2.75, 3.05) is 0 Å². The van der Waals surface area contributed by atoms with E-state index >= 15 is 0 Å². The molecule has 0 aromatic heterocycles. The number of hydrogen-bond acceptors (Lipinski definition) is 2. The summed E-state index contributed by atoms with van der Waals surface area (Å²) >= 11 is 11.3. The van der Waals surface area contributed by atoms with E-state index in [0.717, 1.165) is 5.56 Å². The van der Waals surface area contributed by atoms with Gasteiger partial charge in [-0.2, -0.15) is 0 Å². The Kier molecular flexibility index (Phi) is 4.80. The van der Waals surface area contributed by atoms with Crippen molar-refractivity contribution in [2.45, 2.75) is 19.6 Å². The molecule has 0 aliphatic heterocycles. The third-order valence-electron chi connectivity index (χ3n) is 1.78. The summed E-state index contributed by atoms with van der Waals surface area (Å²) in [5.41, 5.74) is 0.830. The Morgan fingerprint density at radius 1 is 1.35 bits per heavy atom. The Morgan fingerprint density at radius 2 is 2.00 bits per heavy atom. The minimum Gasteiger partial charge on any atom is -0.543 e. The van der Waals surface area contributed by atoms with E-state index in [1.54, 1.807) is 24.3 Å². The topological polar surface area (TPSA) is 26.3 Å². The first-order valence-electron chi connectivity index (χ1n) is 5.14. The van der Waals surface area contributed by atoms with E-state index in [4.69, 9.17) is 27.6 Å². The van der Waals surface area contributed by atoms with E-state index < -0.39 is 13.6 Å². The smallest absolute Gasteiger partial charge is 0.245 e. The van der Waals surface area contributed by atoms with Crippen LogP contribution in [-0.2, 0) is 4.79 Å². The summed E-state index contributed by atoms with van der Waals surface area (Å²) in [6.07, 6.45) is 2.92. The second-order valence-corrected chi connectivity index (χ2v) is 9.75. The molecule has 0 aliphatic rings. The summed E-state index contributed by atoms with van der Waals surface area (Å²) in [5, 5.41) is 0.0642. The normalized spacial score (nSPS) is 11.8. The summed E-state index contributed by atoms with van der Waals surface area (Å²) < 4.78 is 5.84. The SMILES string of the molecule is C[Si](C)(C)Oc1cc(C=CC(=O)Cl)ccc1Cl. The van der Waals surface area contributed by atoms with Gasteiger partial charge in [0.25, 0.3) is 0 Å². The molecule has 0 saturated heterocycles. The molecule has 2 nitrogen and oxygen atoms in total. The van der Waals surface area contributed by atoms with E-state index in [2.05, 4.69) is 19.6 Å². The van der Waals surface area contributed by atoms with Crippen LogP contribution in [0.5, 0.6) is 5.75 Å². The van der Waals surface area contributed by atoms with E-state index in [1.807, 2.05) is 0 Å². The number of carbonyl (C=O) groups is 1. The monoisotopic (exact) mass is 288 g/mol. The van der Waals surface area contributed by atoms with Gasteiger partial charge in [-0.1, -0.05) is 23.7 Å². The van der Waals surface area contributed by atoms with Crippen molar-refractivity contribution in [2.24, 2.45) is 0 Å². The summed E-state index contributed by atoms with van der Waals surface area (Å²) in [7, 11) is -1.70. The minimum absolute atomic E-state index is 0.507. The summed E-state index contributed by atoms with van der Waals surface area (Å²) in [6.45, 7) is 6.23. The van der Waals surface area contributed by atoms with Gasteiger partial charge in [-0.15, -0.1) is 0 Å². The molecule has 1 aromatic rings. The molecule has 17 heavy (non-hydrogen) atoms. The molecule has 0 amide bonds. The molecule has 0 unspecified atom stereocenters. The molecular formula is C12H14Cl2O2Si. The van der Waals surface area contributed by atoms with Crippen LogP contribution < -0.4 is 4.43 Å². The molecule has 0 radical (unpaired) electrons. The van der Waals surface area contributed by atoms with Crippen LogP contribution in [0.3, 0.4) is 0 Å². The van der Waals surface area contributed by atoms with Crippen LogP contribution in [0.2, 0.25) is 24.7 Å². The minimum atomic E-state index is -1.70. The summed E-state index contributed by atoms with van der Waals surface area (Å²) in [6, 6.07) is 5.35. The van der Waals surface area contributed by atoms with Gasteiger partial charge in [-0.3, -0.25) is 4.79 Å². The highest BCUT2D eigenvalue weighted by atomic mass is 35.5. The second kappa shape index (κ2) is 5.71. The third kappa shape index (κ3) is 5.39. The van der Waals surface area contributed by atoms with E-state index in [-0.39, 0.29) is 0 Å². The lowest BCUT2D eigenvalue weighted by molar-refractivity contribution is -0.107. The number of rotatable bonds is 4. The molecule has 0 saturated carbocycles. The zero-order valence-corrected chi connectivity index (χ0v) is 12.5. The van der Waals surface area contributed by atoms with E-state index in [0.29, 0.717) is 10.8 Å². The number of benzene rings is 1. The molecule has 5 heteroatoms. The molecular weight excluding hydrogens is 275 g/mol. The first kappa shape index (κ1) is 14.3. The fourth-order valence-corrected chi connectivity index (χ4v) is 2.31. The summed E-state index contributed by atoms with van der Waals surface area (Å²) in [5.74, 6) is 0.648. The molecule has 0 spiro atoms. The standard InChI is InChI=1S/C12H14Cl2O2Si/c1-17(2,3)16-11-8-9(4-6-10(11)13)5-7-12(14)15/h4-8H,1-3H3. The van der Waals surface area contributed by atoms with Gasteiger partial charge in [0.15, 0.2) is 0 Å². The highest BCUT2D eigenvalue weighted by molar-refractivity contribution is 6.70. The fourth-order valence-electron chi connectivity index (χ4n) is 1.19. The van der Waals surface area contributed by atoms with Gasteiger partial charge in [-0.05, 0) is 55.0 Å². The zero-order valence-electron chi connectivity index (χ0n) is 9.96. The van der Waals surface area contributed by atoms with Crippen molar-refractivity contribution in [3.63, 3.8) is 0 Å². The van der Waals surface area contributed by atoms with Crippen LogP contribution in [-0.4, -0.2) is 13.6 Å². The largest absolute Gasteiger partial charge is 0.543 e. The third-order valence-corrected chi connectivity index (χ3v) is 3.05. The van der Waals surface area contributed by atoms with Crippen LogP contribution in [0.1, 0.15) is 5.56 Å². The van der Waals surface area contributed by atoms with Gasteiger partial charge in [0.05, 0.1) is 5.02 Å². The predicted octanol–water partition coefficient (Wildman–Crippen LogP) is 4.33. The quantitative estimate of drug-likeness (QED) is 0.468. The number of carbonyl (C=O) groups excluding carboxylic acids is 1. The maximum Gasteiger partial charge on any atom is 0.245 e. The van der Waals surface area contributed by atoms with Gasteiger partial charge in [-0.25, -0.2) is 0 Å². The van der Waals surface area contributed by atoms with Crippen molar-refractivity contribution >= 4 is 42.8 Å². The Hall–Kier alpha value is -0.773. The van der Waals surface area contributed by atoms with Gasteiger partial charge < -0.3 is 4.43 Å². The molecule has 0 atom stereocenters. The van der Waals surface area contributed by atoms with Crippen LogP contribution in [0.4, 0.5) is 0 Å². The summed E-state index contributed by atoms with van der Waals surface area (Å²) in [4.78, 5) is 10.6. The van der Waals surface area contributed by atoms with Gasteiger partial charge >= 0.3 is 0 Å². The number of hydrogen-bond donors (Lipinski definition) is 0. The van der Waals surface area contributed by atoms with E-state index in [9.17, 15) is 4.79 Å². The van der Waals surface area contributed by atoms with Crippen molar-refractivity contribution in [3.8, 4) is 5.75 Å². The molecule has 1 aromatic carbocycles. The van der Waals surface area contributed by atoms with Crippen molar-refractivity contribution in [3.05, 3.63) is 34.9 Å². The first-order valence-corrected chi connectivity index (χ1v) is 9.30. The van der Waals surface area contributed by atoms with Crippen LogP contribution in [0.25, 0.3) is 6.08 Å². The zero-order chi connectivity index (χ0) is 13.1. The average Bonchev–Trinajstić information content (AvgIpc) is 2.17. The highest BCUT2D eigenvalue weighted by Gasteiger charge is 2.17. The Bertz CT molecular complexity index is 450. The molecule has 0 aliphatic carbocycles.